The fourth-order valence-electron chi connectivity index (χ4n) is 4.53. The van der Waals surface area contributed by atoms with Crippen LogP contribution in [0.2, 0.25) is 0 Å². The van der Waals surface area contributed by atoms with Crippen molar-refractivity contribution in [1.82, 2.24) is 26.5 Å². The summed E-state index contributed by atoms with van der Waals surface area (Å²) in [5.74, 6) is -0.0500. The summed E-state index contributed by atoms with van der Waals surface area (Å²) in [7, 11) is 0. The molecule has 0 aromatic heterocycles. The van der Waals surface area contributed by atoms with Gasteiger partial charge in [0.25, 0.3) is 5.91 Å². The first kappa shape index (κ1) is 23.3. The van der Waals surface area contributed by atoms with Crippen LogP contribution in [-0.4, -0.2) is 48.4 Å². The predicted molar refractivity (Wildman–Crippen MR) is 132 cm³/mol. The van der Waals surface area contributed by atoms with Gasteiger partial charge < -0.3 is 21.0 Å². The van der Waals surface area contributed by atoms with E-state index in [0.29, 0.717) is 23.9 Å². The Morgan fingerprint density at radius 2 is 1.86 bits per heavy atom. The number of halogens is 1. The number of likely N-dealkylation sites (tertiary alicyclic amines) is 1. The number of nitrogens with zero attached hydrogens (tertiary/aromatic N) is 2. The van der Waals surface area contributed by atoms with E-state index in [1.807, 2.05) is 35.4 Å². The molecule has 3 aliphatic rings. The molecule has 1 aliphatic carbocycles. The summed E-state index contributed by atoms with van der Waals surface area (Å²) >= 11 is 0. The minimum Gasteiger partial charge on any atom is -0.341 e. The second kappa shape index (κ2) is 10.5. The monoisotopic (exact) mass is 478 g/mol. The molecule has 2 heterocycles. The number of hydrogen-bond donors (Lipinski definition) is 4. The highest BCUT2D eigenvalue weighted by Gasteiger charge is 2.37. The van der Waals surface area contributed by atoms with E-state index in [1.165, 1.54) is 12.1 Å². The summed E-state index contributed by atoms with van der Waals surface area (Å²) in [5.41, 5.74) is 8.38. The number of carbonyl (C=O) groups is 2. The third-order valence-corrected chi connectivity index (χ3v) is 6.84. The number of hydrogen-bond acceptors (Lipinski definition) is 6. The van der Waals surface area contributed by atoms with Crippen LogP contribution in [0, 0.1) is 5.82 Å². The first-order chi connectivity index (χ1) is 17.1. The van der Waals surface area contributed by atoms with Crippen molar-refractivity contribution in [3.8, 4) is 0 Å². The molecule has 9 heteroatoms. The second-order valence-corrected chi connectivity index (χ2v) is 9.29. The van der Waals surface area contributed by atoms with Crippen LogP contribution in [0.5, 0.6) is 0 Å². The Morgan fingerprint density at radius 3 is 2.51 bits per heavy atom. The molecule has 0 radical (unpaired) electrons. The summed E-state index contributed by atoms with van der Waals surface area (Å²) in [6.07, 6.45) is 7.01. The lowest BCUT2D eigenvalue weighted by molar-refractivity contribution is -0.136. The molecular formula is C26H31FN6O2. The summed E-state index contributed by atoms with van der Waals surface area (Å²) < 4.78 is 13.1. The number of carbonyl (C=O) groups excluding carboxylic acids is 2. The number of nitrogens with one attached hydrogen (secondary N) is 4. The molecule has 8 nitrogen and oxygen atoms in total. The Kier molecular flexibility index (Phi) is 6.96. The molecule has 1 saturated heterocycles. The van der Waals surface area contributed by atoms with E-state index < -0.39 is 6.04 Å². The molecule has 1 saturated carbocycles. The number of hydrazine groups is 2. The quantitative estimate of drug-likeness (QED) is 0.392. The van der Waals surface area contributed by atoms with Crippen LogP contribution in [0.15, 0.2) is 60.9 Å². The van der Waals surface area contributed by atoms with Gasteiger partial charge in [-0.2, -0.15) is 0 Å². The van der Waals surface area contributed by atoms with Crippen LogP contribution < -0.4 is 26.6 Å². The van der Waals surface area contributed by atoms with E-state index in [4.69, 9.17) is 0 Å². The smallest absolute Gasteiger partial charge is 0.251 e. The van der Waals surface area contributed by atoms with Gasteiger partial charge in [-0.15, -0.1) is 5.53 Å². The molecule has 184 valence electrons. The van der Waals surface area contributed by atoms with Crippen molar-refractivity contribution in [2.24, 2.45) is 0 Å². The zero-order valence-electron chi connectivity index (χ0n) is 19.5. The van der Waals surface area contributed by atoms with E-state index in [0.717, 1.165) is 50.1 Å². The number of anilines is 1. The van der Waals surface area contributed by atoms with E-state index >= 15 is 0 Å². The van der Waals surface area contributed by atoms with Gasteiger partial charge in [0.15, 0.2) is 0 Å². The van der Waals surface area contributed by atoms with Crippen molar-refractivity contribution in [1.29, 1.82) is 0 Å². The topological polar surface area (TPSA) is 88.7 Å². The molecular weight excluding hydrogens is 447 g/mol. The first-order valence-corrected chi connectivity index (χ1v) is 12.2. The van der Waals surface area contributed by atoms with Gasteiger partial charge >= 0.3 is 0 Å². The molecule has 2 aliphatic heterocycles. The third-order valence-electron chi connectivity index (χ3n) is 6.84. The minimum absolute atomic E-state index is 0.00527. The molecule has 0 spiro atoms. The minimum atomic E-state index is -0.538. The van der Waals surface area contributed by atoms with Crippen molar-refractivity contribution >= 4 is 17.5 Å². The van der Waals surface area contributed by atoms with Crippen molar-refractivity contribution in [3.05, 3.63) is 77.9 Å². The van der Waals surface area contributed by atoms with Gasteiger partial charge in [0.2, 0.25) is 5.91 Å². The molecule has 2 aromatic carbocycles. The van der Waals surface area contributed by atoms with Crippen molar-refractivity contribution in [3.63, 3.8) is 0 Å². The zero-order chi connectivity index (χ0) is 24.2. The fourth-order valence-corrected chi connectivity index (χ4v) is 4.53. The molecule has 2 fully saturated rings. The van der Waals surface area contributed by atoms with Gasteiger partial charge in [-0.3, -0.25) is 14.6 Å². The van der Waals surface area contributed by atoms with Crippen LogP contribution >= 0.6 is 0 Å². The maximum Gasteiger partial charge on any atom is 0.251 e. The van der Waals surface area contributed by atoms with Crippen LogP contribution in [0.4, 0.5) is 10.1 Å². The molecule has 3 atom stereocenters. The van der Waals surface area contributed by atoms with Crippen LogP contribution in [0.1, 0.15) is 47.5 Å². The Bertz CT molecular complexity index is 1070. The average Bonchev–Trinajstić information content (AvgIpc) is 3.39. The fraction of sp³-hybridized carbons (Fsp3) is 0.385. The van der Waals surface area contributed by atoms with Gasteiger partial charge in [-0.25, -0.2) is 4.39 Å². The van der Waals surface area contributed by atoms with Crippen molar-refractivity contribution in [2.45, 2.75) is 43.7 Å². The van der Waals surface area contributed by atoms with Crippen LogP contribution in [0.3, 0.4) is 0 Å². The third kappa shape index (κ3) is 5.63. The summed E-state index contributed by atoms with van der Waals surface area (Å²) in [4.78, 5) is 27.7. The standard InChI is InChI=1S/C26H31FN6O2/c27-20-8-4-18(5-9-20)22-17-24(22)28-12-1-3-23(26(35)32-14-2-15-32)30-25(34)19-6-10-21(11-7-19)33-16-13-29-31-33/h4-11,13,16,22-24,28-29,31H,1-3,12,14-15,17H2,(H,30,34)/t22-,23-,24+/m0/s1. The summed E-state index contributed by atoms with van der Waals surface area (Å²) in [5, 5.41) is 8.30. The van der Waals surface area contributed by atoms with Gasteiger partial charge in [0.05, 0.1) is 5.69 Å². The van der Waals surface area contributed by atoms with Crippen LogP contribution in [-0.2, 0) is 4.79 Å². The summed E-state index contributed by atoms with van der Waals surface area (Å²) in [6, 6.07) is 13.8. The highest BCUT2D eigenvalue weighted by atomic mass is 19.1. The molecule has 2 aromatic rings. The maximum atomic E-state index is 13.1. The SMILES string of the molecule is O=C(N[C@@H](CCCN[C@@H]1C[C@H]1c1ccc(F)cc1)C(=O)N1CCC1)c1ccc(N2C=CNN2)cc1. The Hall–Kier alpha value is -3.43. The van der Waals surface area contributed by atoms with Gasteiger partial charge in [0, 0.05) is 43.0 Å². The van der Waals surface area contributed by atoms with Gasteiger partial charge in [-0.05, 0) is 74.2 Å². The number of benzene rings is 2. The normalized spacial score (nSPS) is 21.3. The number of rotatable bonds is 10. The largest absolute Gasteiger partial charge is 0.341 e. The Balaban J connectivity index is 1.12. The Morgan fingerprint density at radius 1 is 1.09 bits per heavy atom. The van der Waals surface area contributed by atoms with Crippen LogP contribution in [0.25, 0.3) is 0 Å². The van der Waals surface area contributed by atoms with Crippen molar-refractivity contribution in [2.75, 3.05) is 24.6 Å². The molecule has 35 heavy (non-hydrogen) atoms. The molecule has 0 unspecified atom stereocenters. The maximum absolute atomic E-state index is 13.1. The van der Waals surface area contributed by atoms with E-state index in [-0.39, 0.29) is 17.6 Å². The lowest BCUT2D eigenvalue weighted by Gasteiger charge is -2.34. The second-order valence-electron chi connectivity index (χ2n) is 9.29. The summed E-state index contributed by atoms with van der Waals surface area (Å²) in [6.45, 7) is 2.27. The first-order valence-electron chi connectivity index (χ1n) is 12.2. The molecule has 5 rings (SSSR count). The molecule has 4 N–H and O–H groups in total. The van der Waals surface area contributed by atoms with E-state index in [2.05, 4.69) is 21.6 Å². The lowest BCUT2D eigenvalue weighted by Crippen LogP contribution is -2.53. The van der Waals surface area contributed by atoms with Gasteiger partial charge in [0.1, 0.15) is 11.9 Å². The lowest BCUT2D eigenvalue weighted by atomic mass is 10.1. The zero-order valence-corrected chi connectivity index (χ0v) is 19.5. The van der Waals surface area contributed by atoms with Gasteiger partial charge in [-0.1, -0.05) is 12.1 Å². The molecule has 2 amide bonds. The predicted octanol–water partition coefficient (Wildman–Crippen LogP) is 2.38. The van der Waals surface area contributed by atoms with Crippen molar-refractivity contribution < 1.29 is 14.0 Å². The Labute approximate surface area is 204 Å². The average molecular weight is 479 g/mol. The van der Waals surface area contributed by atoms with E-state index in [1.54, 1.807) is 23.3 Å². The molecule has 0 bridgehead atoms. The van der Waals surface area contributed by atoms with E-state index in [9.17, 15) is 14.0 Å². The highest BCUT2D eigenvalue weighted by molar-refractivity contribution is 5.97. The number of amides is 2. The highest BCUT2D eigenvalue weighted by Crippen LogP contribution is 2.40.